The van der Waals surface area contributed by atoms with Gasteiger partial charge in [0.25, 0.3) is 5.91 Å². The Hall–Kier alpha value is -3.08. The number of para-hydroxylation sites is 1. The number of amides is 1. The third-order valence-corrected chi connectivity index (χ3v) is 4.79. The van der Waals surface area contributed by atoms with E-state index in [1.165, 1.54) is 11.4 Å². The largest absolute Gasteiger partial charge is 0.489 e. The van der Waals surface area contributed by atoms with E-state index in [4.69, 9.17) is 4.74 Å². The van der Waals surface area contributed by atoms with Crippen molar-refractivity contribution in [1.82, 2.24) is 0 Å². The predicted molar refractivity (Wildman–Crippen MR) is 94.3 cm³/mol. The van der Waals surface area contributed by atoms with Crippen molar-refractivity contribution in [2.45, 2.75) is 12.8 Å². The Morgan fingerprint density at radius 3 is 2.13 bits per heavy atom. The molecule has 0 aliphatic heterocycles. The molecule has 1 heterocycles. The maximum Gasteiger partial charge on any atom is 0.422 e. The molecule has 1 amide bonds. The van der Waals surface area contributed by atoms with Crippen LogP contribution in [-0.2, 0) is 12.8 Å². The maximum absolute atomic E-state index is 13.9. The minimum Gasteiger partial charge on any atom is -0.489 e. The highest BCUT2D eigenvalue weighted by Gasteiger charge is 2.42. The van der Waals surface area contributed by atoms with Gasteiger partial charge < -0.3 is 10.1 Å². The van der Waals surface area contributed by atoms with E-state index in [0.29, 0.717) is 11.3 Å². The fraction of sp³-hybridized carbons (Fsp3) is 0.105. The lowest BCUT2D eigenvalue weighted by Gasteiger charge is -2.14. The second-order valence-corrected chi connectivity index (χ2v) is 6.79. The molecule has 158 valence electrons. The van der Waals surface area contributed by atoms with E-state index in [0.717, 1.165) is 11.3 Å². The smallest absolute Gasteiger partial charge is 0.422 e. The van der Waals surface area contributed by atoms with Crippen molar-refractivity contribution in [3.63, 3.8) is 0 Å². The summed E-state index contributed by atoms with van der Waals surface area (Å²) in [5.74, 6) is -10.6. The van der Waals surface area contributed by atoms with Gasteiger partial charge in [-0.05, 0) is 23.6 Å². The van der Waals surface area contributed by atoms with E-state index >= 15 is 0 Å². The third-order valence-electron chi connectivity index (χ3n) is 3.81. The molecule has 0 unspecified atom stereocenters. The summed E-state index contributed by atoms with van der Waals surface area (Å²) in [4.78, 5) is 12.1. The molecule has 0 saturated heterocycles. The molecule has 0 saturated carbocycles. The Kier molecular flexibility index (Phi) is 6.01. The van der Waals surface area contributed by atoms with Gasteiger partial charge >= 0.3 is 6.18 Å². The molecule has 0 atom stereocenters. The van der Waals surface area contributed by atoms with Crippen molar-refractivity contribution in [1.29, 1.82) is 0 Å². The molecule has 2 aromatic carbocycles. The zero-order chi connectivity index (χ0) is 22.1. The van der Waals surface area contributed by atoms with E-state index in [1.54, 1.807) is 35.6 Å². The van der Waals surface area contributed by atoms with Crippen LogP contribution in [0.1, 0.15) is 20.8 Å². The number of rotatable bonds is 5. The van der Waals surface area contributed by atoms with Crippen LogP contribution in [0.4, 0.5) is 36.4 Å². The molecule has 1 aromatic heterocycles. The van der Waals surface area contributed by atoms with Crippen molar-refractivity contribution in [3.8, 4) is 5.75 Å². The number of alkyl halides is 3. The first-order valence-electron chi connectivity index (χ1n) is 8.09. The Labute approximate surface area is 168 Å². The quantitative estimate of drug-likeness (QED) is 0.375. The number of thiophene rings is 1. The summed E-state index contributed by atoms with van der Waals surface area (Å²) >= 11 is 0.835. The van der Waals surface area contributed by atoms with Crippen LogP contribution in [0.5, 0.6) is 5.75 Å². The molecular weight excluding hydrogens is 439 g/mol. The van der Waals surface area contributed by atoms with Crippen LogP contribution >= 0.6 is 11.3 Å². The second kappa shape index (κ2) is 8.34. The molecule has 0 aliphatic rings. The monoisotopic (exact) mass is 449 g/mol. The molecule has 3 nitrogen and oxygen atoms in total. The summed E-state index contributed by atoms with van der Waals surface area (Å²) in [6.45, 7) is 0.0556. The SMILES string of the molecule is O=C(Nc1c(F)c(F)c(C(F)(F)F)c(F)c1F)c1cc(COc2ccccc2)cs1. The van der Waals surface area contributed by atoms with Gasteiger partial charge in [0.15, 0.2) is 23.3 Å². The van der Waals surface area contributed by atoms with Crippen molar-refractivity contribution in [2.24, 2.45) is 0 Å². The summed E-state index contributed by atoms with van der Waals surface area (Å²) in [5.41, 5.74) is -3.86. The first kappa shape index (κ1) is 21.6. The van der Waals surface area contributed by atoms with Gasteiger partial charge in [0.2, 0.25) is 0 Å². The standard InChI is InChI=1S/C19H10F7NO2S/c20-13-12(19(24,25)26)14(21)16(23)17(15(13)22)27-18(28)11-6-9(8-30-11)7-29-10-4-2-1-3-5-10/h1-6,8H,7H2,(H,27,28). The van der Waals surface area contributed by atoms with E-state index in [-0.39, 0.29) is 11.5 Å². The normalized spacial score (nSPS) is 11.4. The number of halogens is 7. The third kappa shape index (κ3) is 4.40. The fourth-order valence-electron chi connectivity index (χ4n) is 2.42. The molecule has 0 spiro atoms. The zero-order valence-electron chi connectivity index (χ0n) is 14.6. The van der Waals surface area contributed by atoms with Crippen LogP contribution in [0.15, 0.2) is 41.8 Å². The number of hydrogen-bond donors (Lipinski definition) is 1. The second-order valence-electron chi connectivity index (χ2n) is 5.88. The Bertz CT molecular complexity index is 1050. The lowest BCUT2D eigenvalue weighted by Crippen LogP contribution is -2.19. The Morgan fingerprint density at radius 1 is 0.967 bits per heavy atom. The molecule has 0 aliphatic carbocycles. The Balaban J connectivity index is 1.79. The number of ether oxygens (including phenoxy) is 1. The highest BCUT2D eigenvalue weighted by atomic mass is 32.1. The van der Waals surface area contributed by atoms with Crippen molar-refractivity contribution in [2.75, 3.05) is 5.32 Å². The van der Waals surface area contributed by atoms with Gasteiger partial charge in [-0.3, -0.25) is 4.79 Å². The minimum atomic E-state index is -5.67. The minimum absolute atomic E-state index is 0.0556. The molecule has 1 N–H and O–H groups in total. The zero-order valence-corrected chi connectivity index (χ0v) is 15.4. The van der Waals surface area contributed by atoms with Gasteiger partial charge in [-0.25, -0.2) is 17.6 Å². The van der Waals surface area contributed by atoms with Gasteiger partial charge in [-0.15, -0.1) is 11.3 Å². The van der Waals surface area contributed by atoms with Crippen LogP contribution in [-0.4, -0.2) is 5.91 Å². The topological polar surface area (TPSA) is 38.3 Å². The Morgan fingerprint density at radius 2 is 1.57 bits per heavy atom. The van der Waals surface area contributed by atoms with E-state index in [9.17, 15) is 35.5 Å². The summed E-state index contributed by atoms with van der Waals surface area (Å²) < 4.78 is 98.4. The lowest BCUT2D eigenvalue weighted by molar-refractivity contribution is -0.143. The summed E-state index contributed by atoms with van der Waals surface area (Å²) in [6.07, 6.45) is -5.67. The van der Waals surface area contributed by atoms with E-state index in [1.807, 2.05) is 0 Å². The maximum atomic E-state index is 13.9. The number of hydrogen-bond acceptors (Lipinski definition) is 3. The fourth-order valence-corrected chi connectivity index (χ4v) is 3.21. The van der Waals surface area contributed by atoms with Crippen molar-refractivity contribution < 1.29 is 40.3 Å². The number of nitrogens with one attached hydrogen (secondary N) is 1. The van der Waals surface area contributed by atoms with Gasteiger partial charge in [-0.1, -0.05) is 18.2 Å². The van der Waals surface area contributed by atoms with Crippen molar-refractivity contribution >= 4 is 22.9 Å². The molecule has 0 fully saturated rings. The summed E-state index contributed by atoms with van der Waals surface area (Å²) in [7, 11) is 0. The van der Waals surface area contributed by atoms with Crippen LogP contribution in [0.2, 0.25) is 0 Å². The van der Waals surface area contributed by atoms with Gasteiger partial charge in [0.1, 0.15) is 23.6 Å². The van der Waals surface area contributed by atoms with Crippen molar-refractivity contribution in [3.05, 3.63) is 81.1 Å². The van der Waals surface area contributed by atoms with Crippen LogP contribution in [0.3, 0.4) is 0 Å². The molecule has 30 heavy (non-hydrogen) atoms. The van der Waals surface area contributed by atoms with Crippen LogP contribution < -0.4 is 10.1 Å². The number of carbonyl (C=O) groups excluding carboxylic acids is 1. The highest BCUT2D eigenvalue weighted by molar-refractivity contribution is 7.12. The number of benzene rings is 2. The average molecular weight is 449 g/mol. The molecule has 0 radical (unpaired) electrons. The van der Waals surface area contributed by atoms with Gasteiger partial charge in [-0.2, -0.15) is 13.2 Å². The first-order chi connectivity index (χ1) is 14.1. The molecule has 0 bridgehead atoms. The average Bonchev–Trinajstić information content (AvgIpc) is 3.17. The first-order valence-corrected chi connectivity index (χ1v) is 8.97. The van der Waals surface area contributed by atoms with Crippen LogP contribution in [0.25, 0.3) is 0 Å². The molecule has 3 rings (SSSR count). The highest BCUT2D eigenvalue weighted by Crippen LogP contribution is 2.38. The predicted octanol–water partition coefficient (Wildman–Crippen LogP) is 6.15. The van der Waals surface area contributed by atoms with Gasteiger partial charge in [0.05, 0.1) is 4.88 Å². The lowest BCUT2D eigenvalue weighted by atomic mass is 10.1. The molecule has 11 heteroatoms. The number of carbonyl (C=O) groups is 1. The summed E-state index contributed by atoms with van der Waals surface area (Å²) in [5, 5.41) is 3.07. The summed E-state index contributed by atoms with van der Waals surface area (Å²) in [6, 6.07) is 9.96. The van der Waals surface area contributed by atoms with E-state index < -0.39 is 46.6 Å². The molecule has 3 aromatic rings. The number of anilines is 1. The molecular formula is C19H10F7NO2S. The van der Waals surface area contributed by atoms with E-state index in [2.05, 4.69) is 0 Å². The van der Waals surface area contributed by atoms with Crippen LogP contribution in [0, 0.1) is 23.3 Å². The van der Waals surface area contributed by atoms with Gasteiger partial charge in [0, 0.05) is 5.56 Å².